The number of rotatable bonds is 7. The van der Waals surface area contributed by atoms with Crippen molar-refractivity contribution in [2.75, 3.05) is 51.8 Å². The monoisotopic (exact) mass is 322 g/mol. The fourth-order valence-electron chi connectivity index (χ4n) is 2.45. The predicted molar refractivity (Wildman–Crippen MR) is 86.9 cm³/mol. The number of carbonyl (C=O) groups excluding carboxylic acids is 1. The summed E-state index contributed by atoms with van der Waals surface area (Å²) in [6.07, 6.45) is 0.786. The summed E-state index contributed by atoms with van der Waals surface area (Å²) in [6.45, 7) is 3.92. The minimum atomic E-state index is -0.483. The molecule has 1 heterocycles. The summed E-state index contributed by atoms with van der Waals surface area (Å²) in [4.78, 5) is 24.9. The summed E-state index contributed by atoms with van der Waals surface area (Å²) in [5, 5.41) is 17.3. The third kappa shape index (κ3) is 4.64. The Kier molecular flexibility index (Phi) is 6.30. The summed E-state index contributed by atoms with van der Waals surface area (Å²) in [7, 11) is 1.63. The van der Waals surface area contributed by atoms with Crippen molar-refractivity contribution in [1.82, 2.24) is 10.2 Å². The summed E-state index contributed by atoms with van der Waals surface area (Å²) in [5.41, 5.74) is 0.889. The molecule has 0 spiro atoms. The molecule has 8 heteroatoms. The number of piperazine rings is 1. The summed E-state index contributed by atoms with van der Waals surface area (Å²) >= 11 is 0. The molecular weight excluding hydrogens is 300 g/mol. The van der Waals surface area contributed by atoms with E-state index in [1.54, 1.807) is 18.1 Å². The van der Waals surface area contributed by atoms with Crippen molar-refractivity contribution in [3.63, 3.8) is 0 Å². The van der Waals surface area contributed by atoms with Crippen molar-refractivity contribution >= 4 is 17.3 Å². The first-order valence-electron chi connectivity index (χ1n) is 7.64. The van der Waals surface area contributed by atoms with Gasteiger partial charge in [-0.05, 0) is 12.5 Å². The highest BCUT2D eigenvalue weighted by molar-refractivity contribution is 6.00. The zero-order chi connectivity index (χ0) is 16.7. The molecule has 0 bridgehead atoms. The maximum Gasteiger partial charge on any atom is 0.270 e. The average Bonchev–Trinajstić information content (AvgIpc) is 2.59. The number of amides is 1. The van der Waals surface area contributed by atoms with Crippen LogP contribution in [0.25, 0.3) is 0 Å². The number of non-ortho nitro benzene ring substituents is 1. The number of nitrogens with one attached hydrogen (secondary N) is 2. The van der Waals surface area contributed by atoms with E-state index in [4.69, 9.17) is 4.74 Å². The number of nitro benzene ring substituents is 1. The van der Waals surface area contributed by atoms with Crippen LogP contribution in [0.4, 0.5) is 11.4 Å². The lowest BCUT2D eigenvalue weighted by molar-refractivity contribution is -0.384. The Morgan fingerprint density at radius 3 is 2.83 bits per heavy atom. The van der Waals surface area contributed by atoms with Crippen LogP contribution >= 0.6 is 0 Å². The van der Waals surface area contributed by atoms with Crippen molar-refractivity contribution in [2.45, 2.75) is 6.42 Å². The zero-order valence-corrected chi connectivity index (χ0v) is 13.2. The highest BCUT2D eigenvalue weighted by Gasteiger charge is 2.23. The summed E-state index contributed by atoms with van der Waals surface area (Å²) in [5.74, 6) is -0.176. The number of nitrogens with zero attached hydrogens (tertiary/aromatic N) is 2. The van der Waals surface area contributed by atoms with E-state index in [2.05, 4.69) is 10.6 Å². The van der Waals surface area contributed by atoms with Crippen LogP contribution in [0.3, 0.4) is 0 Å². The number of hydrogen-bond acceptors (Lipinski definition) is 6. The first-order chi connectivity index (χ1) is 11.1. The molecule has 2 rings (SSSR count). The van der Waals surface area contributed by atoms with Gasteiger partial charge in [0.25, 0.3) is 11.6 Å². The van der Waals surface area contributed by atoms with Crippen LogP contribution < -0.4 is 10.6 Å². The van der Waals surface area contributed by atoms with Crippen LogP contribution in [-0.2, 0) is 4.74 Å². The molecule has 0 unspecified atom stereocenters. The van der Waals surface area contributed by atoms with Gasteiger partial charge in [-0.15, -0.1) is 0 Å². The van der Waals surface area contributed by atoms with Gasteiger partial charge >= 0.3 is 0 Å². The van der Waals surface area contributed by atoms with Gasteiger partial charge in [0.1, 0.15) is 0 Å². The lowest BCUT2D eigenvalue weighted by Gasteiger charge is -2.28. The Labute approximate surface area is 134 Å². The molecule has 2 N–H and O–H groups in total. The van der Waals surface area contributed by atoms with Gasteiger partial charge in [0.2, 0.25) is 0 Å². The maximum absolute atomic E-state index is 12.7. The number of hydrogen-bond donors (Lipinski definition) is 2. The van der Waals surface area contributed by atoms with Gasteiger partial charge in [0, 0.05) is 64.3 Å². The van der Waals surface area contributed by atoms with E-state index in [1.807, 2.05) is 0 Å². The molecule has 1 saturated heterocycles. The average molecular weight is 322 g/mol. The molecule has 0 aliphatic carbocycles. The molecule has 126 valence electrons. The fourth-order valence-corrected chi connectivity index (χ4v) is 2.45. The molecule has 1 aromatic rings. The van der Waals surface area contributed by atoms with Crippen molar-refractivity contribution in [1.29, 1.82) is 0 Å². The van der Waals surface area contributed by atoms with Crippen molar-refractivity contribution in [2.24, 2.45) is 0 Å². The third-order valence-electron chi connectivity index (χ3n) is 3.69. The molecule has 1 aliphatic rings. The van der Waals surface area contributed by atoms with Gasteiger partial charge in [-0.1, -0.05) is 0 Å². The van der Waals surface area contributed by atoms with Crippen LogP contribution in [0.1, 0.15) is 16.8 Å². The number of anilines is 1. The Hall–Kier alpha value is -2.19. The van der Waals surface area contributed by atoms with Gasteiger partial charge in [-0.3, -0.25) is 14.9 Å². The second-order valence-electron chi connectivity index (χ2n) is 5.30. The number of ether oxygens (including phenoxy) is 1. The van der Waals surface area contributed by atoms with Crippen molar-refractivity contribution in [3.05, 3.63) is 33.9 Å². The molecule has 0 saturated carbocycles. The summed E-state index contributed by atoms with van der Waals surface area (Å²) < 4.78 is 4.99. The molecule has 1 fully saturated rings. The second kappa shape index (κ2) is 8.44. The highest BCUT2D eigenvalue weighted by atomic mass is 16.6. The topological polar surface area (TPSA) is 96.7 Å². The van der Waals surface area contributed by atoms with Crippen LogP contribution in [0, 0.1) is 10.1 Å². The van der Waals surface area contributed by atoms with E-state index in [0.29, 0.717) is 37.5 Å². The van der Waals surface area contributed by atoms with E-state index in [9.17, 15) is 14.9 Å². The van der Waals surface area contributed by atoms with Crippen LogP contribution in [0.5, 0.6) is 0 Å². The summed E-state index contributed by atoms with van der Waals surface area (Å²) in [6, 6.07) is 4.36. The number of carbonyl (C=O) groups is 1. The molecule has 8 nitrogen and oxygen atoms in total. The third-order valence-corrected chi connectivity index (χ3v) is 3.69. The molecule has 0 atom stereocenters. The SMILES string of the molecule is COCCCNc1ccc([N+](=O)[O-])cc1C(=O)N1CCNCC1. The van der Waals surface area contributed by atoms with E-state index in [1.165, 1.54) is 12.1 Å². The molecule has 23 heavy (non-hydrogen) atoms. The van der Waals surface area contributed by atoms with Crippen LogP contribution in [0.15, 0.2) is 18.2 Å². The van der Waals surface area contributed by atoms with Gasteiger partial charge < -0.3 is 20.3 Å². The van der Waals surface area contributed by atoms with E-state index in [-0.39, 0.29) is 11.6 Å². The quantitative estimate of drug-likeness (QED) is 0.443. The maximum atomic E-state index is 12.7. The van der Waals surface area contributed by atoms with E-state index < -0.39 is 4.92 Å². The minimum Gasteiger partial charge on any atom is -0.385 e. The number of methoxy groups -OCH3 is 1. The lowest BCUT2D eigenvalue weighted by Crippen LogP contribution is -2.46. The first-order valence-corrected chi connectivity index (χ1v) is 7.64. The zero-order valence-electron chi connectivity index (χ0n) is 13.2. The minimum absolute atomic E-state index is 0.0778. The number of nitro groups is 1. The van der Waals surface area contributed by atoms with Gasteiger partial charge in [0.15, 0.2) is 0 Å². The molecule has 0 radical (unpaired) electrons. The van der Waals surface area contributed by atoms with E-state index >= 15 is 0 Å². The largest absolute Gasteiger partial charge is 0.385 e. The smallest absolute Gasteiger partial charge is 0.270 e. The number of benzene rings is 1. The molecule has 1 aliphatic heterocycles. The van der Waals surface area contributed by atoms with E-state index in [0.717, 1.165) is 19.5 Å². The normalized spacial score (nSPS) is 14.6. The van der Waals surface area contributed by atoms with Gasteiger partial charge in [-0.25, -0.2) is 0 Å². The van der Waals surface area contributed by atoms with Crippen LogP contribution in [0.2, 0.25) is 0 Å². The van der Waals surface area contributed by atoms with Crippen LogP contribution in [-0.4, -0.2) is 62.2 Å². The lowest BCUT2D eigenvalue weighted by atomic mass is 10.1. The van der Waals surface area contributed by atoms with Gasteiger partial charge in [-0.2, -0.15) is 0 Å². The first kappa shape index (κ1) is 17.2. The second-order valence-corrected chi connectivity index (χ2v) is 5.30. The van der Waals surface area contributed by atoms with Crippen molar-refractivity contribution in [3.8, 4) is 0 Å². The molecule has 0 aromatic heterocycles. The fraction of sp³-hybridized carbons (Fsp3) is 0.533. The molecular formula is C15H22N4O4. The Balaban J connectivity index is 2.19. The standard InChI is InChI=1S/C15H22N4O4/c1-23-10-2-5-17-14-4-3-12(19(21)22)11-13(14)15(20)18-8-6-16-7-9-18/h3-4,11,16-17H,2,5-10H2,1H3. The highest BCUT2D eigenvalue weighted by Crippen LogP contribution is 2.24. The van der Waals surface area contributed by atoms with Crippen molar-refractivity contribution < 1.29 is 14.5 Å². The van der Waals surface area contributed by atoms with Gasteiger partial charge in [0.05, 0.1) is 10.5 Å². The molecule has 1 aromatic carbocycles. The predicted octanol–water partition coefficient (Wildman–Crippen LogP) is 1.09. The Morgan fingerprint density at radius 2 is 2.17 bits per heavy atom. The Morgan fingerprint density at radius 1 is 1.43 bits per heavy atom. The molecule has 1 amide bonds. The Bertz CT molecular complexity index is 558.